The Morgan fingerprint density at radius 1 is 1.25 bits per heavy atom. The minimum atomic E-state index is 0.0925. The smallest absolute Gasteiger partial charge is 0.124 e. The molecule has 0 radical (unpaired) electrons. The number of hydrogen-bond acceptors (Lipinski definition) is 2. The van der Waals surface area contributed by atoms with Crippen LogP contribution < -0.4 is 10.5 Å². The van der Waals surface area contributed by atoms with Crippen LogP contribution in [0, 0.1) is 0 Å². The molecule has 0 aliphatic carbocycles. The molecule has 1 aromatic rings. The molecular weight excluding hydrogens is 198 g/mol. The summed E-state index contributed by atoms with van der Waals surface area (Å²) in [4.78, 5) is 0. The maximum Gasteiger partial charge on any atom is 0.124 e. The molecule has 2 N–H and O–H groups in total. The second kappa shape index (κ2) is 6.54. The van der Waals surface area contributed by atoms with Crippen LogP contribution in [0.5, 0.6) is 5.75 Å². The molecule has 0 heterocycles. The van der Waals surface area contributed by atoms with Crippen LogP contribution in [0.3, 0.4) is 0 Å². The van der Waals surface area contributed by atoms with E-state index in [1.165, 1.54) is 6.42 Å². The fourth-order valence-electron chi connectivity index (χ4n) is 1.73. The van der Waals surface area contributed by atoms with Crippen molar-refractivity contribution in [3.05, 3.63) is 29.8 Å². The van der Waals surface area contributed by atoms with Gasteiger partial charge in [-0.3, -0.25) is 0 Å². The number of ether oxygens (including phenoxy) is 1. The van der Waals surface area contributed by atoms with Gasteiger partial charge < -0.3 is 10.5 Å². The largest absolute Gasteiger partial charge is 0.491 e. The van der Waals surface area contributed by atoms with Crippen molar-refractivity contribution in [2.24, 2.45) is 5.73 Å². The Bertz CT molecular complexity index is 309. The quantitative estimate of drug-likeness (QED) is 0.795. The summed E-state index contributed by atoms with van der Waals surface area (Å²) in [6.07, 6.45) is 3.56. The van der Waals surface area contributed by atoms with Gasteiger partial charge in [-0.25, -0.2) is 0 Å². The molecule has 0 aliphatic rings. The van der Waals surface area contributed by atoms with Gasteiger partial charge in [0.05, 0.1) is 6.10 Å². The second-order valence-electron chi connectivity index (χ2n) is 4.45. The van der Waals surface area contributed by atoms with Gasteiger partial charge in [0.15, 0.2) is 0 Å². The summed E-state index contributed by atoms with van der Waals surface area (Å²) in [5.41, 5.74) is 7.31. The Morgan fingerprint density at radius 2 is 1.94 bits per heavy atom. The van der Waals surface area contributed by atoms with Gasteiger partial charge in [0, 0.05) is 11.6 Å². The van der Waals surface area contributed by atoms with Crippen molar-refractivity contribution < 1.29 is 4.74 Å². The standard InChI is InChI=1S/C14H23NO/c1-4-5-9-13(15)12-8-6-7-10-14(12)16-11(2)3/h6-8,10-11,13H,4-5,9,15H2,1-3H3/t13-/m0/s1. The molecule has 90 valence electrons. The first kappa shape index (κ1) is 13.0. The second-order valence-corrected chi connectivity index (χ2v) is 4.45. The Morgan fingerprint density at radius 3 is 2.56 bits per heavy atom. The van der Waals surface area contributed by atoms with Crippen molar-refractivity contribution in [2.45, 2.75) is 52.2 Å². The van der Waals surface area contributed by atoms with Gasteiger partial charge in [0.25, 0.3) is 0 Å². The van der Waals surface area contributed by atoms with Crippen molar-refractivity contribution in [1.82, 2.24) is 0 Å². The van der Waals surface area contributed by atoms with Crippen LogP contribution in [-0.4, -0.2) is 6.10 Å². The zero-order chi connectivity index (χ0) is 12.0. The first-order valence-corrected chi connectivity index (χ1v) is 6.16. The maximum absolute atomic E-state index is 6.18. The fraction of sp³-hybridized carbons (Fsp3) is 0.571. The summed E-state index contributed by atoms with van der Waals surface area (Å²) in [5, 5.41) is 0. The number of unbranched alkanes of at least 4 members (excludes halogenated alkanes) is 1. The van der Waals surface area contributed by atoms with Gasteiger partial charge in [0.1, 0.15) is 5.75 Å². The molecule has 1 rings (SSSR count). The highest BCUT2D eigenvalue weighted by molar-refractivity contribution is 5.35. The molecule has 2 heteroatoms. The maximum atomic E-state index is 6.18. The molecule has 0 fully saturated rings. The van der Waals surface area contributed by atoms with Crippen LogP contribution in [0.25, 0.3) is 0 Å². The highest BCUT2D eigenvalue weighted by Crippen LogP contribution is 2.27. The van der Waals surface area contributed by atoms with Crippen LogP contribution in [0.4, 0.5) is 0 Å². The van der Waals surface area contributed by atoms with Gasteiger partial charge in [-0.2, -0.15) is 0 Å². The van der Waals surface area contributed by atoms with E-state index in [1.54, 1.807) is 0 Å². The fourth-order valence-corrected chi connectivity index (χ4v) is 1.73. The van der Waals surface area contributed by atoms with E-state index in [9.17, 15) is 0 Å². The molecule has 0 unspecified atom stereocenters. The van der Waals surface area contributed by atoms with Crippen molar-refractivity contribution in [3.8, 4) is 5.75 Å². The summed E-state index contributed by atoms with van der Waals surface area (Å²) in [6, 6.07) is 8.18. The first-order valence-electron chi connectivity index (χ1n) is 6.16. The Balaban J connectivity index is 2.76. The van der Waals surface area contributed by atoms with E-state index in [-0.39, 0.29) is 12.1 Å². The van der Waals surface area contributed by atoms with Crippen LogP contribution in [-0.2, 0) is 0 Å². The number of para-hydroxylation sites is 1. The number of benzene rings is 1. The minimum Gasteiger partial charge on any atom is -0.491 e. The summed E-state index contributed by atoms with van der Waals surface area (Å²) < 4.78 is 5.77. The average molecular weight is 221 g/mol. The van der Waals surface area contributed by atoms with E-state index in [2.05, 4.69) is 13.0 Å². The molecule has 0 amide bonds. The molecule has 16 heavy (non-hydrogen) atoms. The van der Waals surface area contributed by atoms with Crippen molar-refractivity contribution in [3.63, 3.8) is 0 Å². The van der Waals surface area contributed by atoms with Crippen molar-refractivity contribution in [1.29, 1.82) is 0 Å². The highest BCUT2D eigenvalue weighted by Gasteiger charge is 2.11. The third-order valence-corrected chi connectivity index (χ3v) is 2.55. The number of nitrogens with two attached hydrogens (primary N) is 1. The predicted molar refractivity (Wildman–Crippen MR) is 68.7 cm³/mol. The van der Waals surface area contributed by atoms with Crippen molar-refractivity contribution in [2.75, 3.05) is 0 Å². The first-order chi connectivity index (χ1) is 7.65. The monoisotopic (exact) mass is 221 g/mol. The van der Waals surface area contributed by atoms with Crippen LogP contribution in [0.1, 0.15) is 51.6 Å². The molecule has 0 saturated heterocycles. The van der Waals surface area contributed by atoms with Gasteiger partial charge in [-0.1, -0.05) is 38.0 Å². The summed E-state index contributed by atoms with van der Waals surface area (Å²) >= 11 is 0. The summed E-state index contributed by atoms with van der Waals surface area (Å²) in [7, 11) is 0. The van der Waals surface area contributed by atoms with Crippen LogP contribution in [0.2, 0.25) is 0 Å². The Kier molecular flexibility index (Phi) is 5.33. The molecule has 1 atom stereocenters. The number of rotatable bonds is 6. The van der Waals surface area contributed by atoms with E-state index in [4.69, 9.17) is 10.5 Å². The lowest BCUT2D eigenvalue weighted by Crippen LogP contribution is -2.14. The third kappa shape index (κ3) is 3.86. The van der Waals surface area contributed by atoms with E-state index < -0.39 is 0 Å². The predicted octanol–water partition coefficient (Wildman–Crippen LogP) is 3.66. The molecule has 0 aromatic heterocycles. The average Bonchev–Trinajstić information content (AvgIpc) is 2.26. The molecule has 0 bridgehead atoms. The Labute approximate surface area is 98.8 Å². The van der Waals surface area contributed by atoms with Crippen LogP contribution >= 0.6 is 0 Å². The van der Waals surface area contributed by atoms with Crippen LogP contribution in [0.15, 0.2) is 24.3 Å². The molecule has 2 nitrogen and oxygen atoms in total. The van der Waals surface area contributed by atoms with E-state index in [0.717, 1.165) is 24.2 Å². The minimum absolute atomic E-state index is 0.0925. The zero-order valence-corrected chi connectivity index (χ0v) is 10.6. The number of hydrogen-bond donors (Lipinski definition) is 1. The van der Waals surface area contributed by atoms with E-state index >= 15 is 0 Å². The van der Waals surface area contributed by atoms with Gasteiger partial charge in [-0.05, 0) is 26.3 Å². The van der Waals surface area contributed by atoms with Gasteiger partial charge in [0.2, 0.25) is 0 Å². The van der Waals surface area contributed by atoms with Gasteiger partial charge in [-0.15, -0.1) is 0 Å². The molecule has 0 aliphatic heterocycles. The Hall–Kier alpha value is -1.02. The highest BCUT2D eigenvalue weighted by atomic mass is 16.5. The van der Waals surface area contributed by atoms with E-state index in [0.29, 0.717) is 0 Å². The summed E-state index contributed by atoms with van der Waals surface area (Å²) in [5.74, 6) is 0.932. The van der Waals surface area contributed by atoms with Gasteiger partial charge >= 0.3 is 0 Å². The lowest BCUT2D eigenvalue weighted by Gasteiger charge is -2.18. The zero-order valence-electron chi connectivity index (χ0n) is 10.6. The topological polar surface area (TPSA) is 35.2 Å². The summed E-state index contributed by atoms with van der Waals surface area (Å²) in [6.45, 7) is 6.26. The molecule has 1 aromatic carbocycles. The SMILES string of the molecule is CCCC[C@H](N)c1ccccc1OC(C)C. The lowest BCUT2D eigenvalue weighted by molar-refractivity contribution is 0.238. The third-order valence-electron chi connectivity index (χ3n) is 2.55. The molecule has 0 saturated carbocycles. The molecule has 0 spiro atoms. The normalized spacial score (nSPS) is 12.8. The molecular formula is C14H23NO. The van der Waals surface area contributed by atoms with Crippen molar-refractivity contribution >= 4 is 0 Å². The lowest BCUT2D eigenvalue weighted by atomic mass is 10.0. The van der Waals surface area contributed by atoms with E-state index in [1.807, 2.05) is 32.0 Å².